The van der Waals surface area contributed by atoms with Gasteiger partial charge in [-0.1, -0.05) is 83.1 Å². The molecule has 0 amide bonds. The van der Waals surface area contributed by atoms with E-state index in [2.05, 4.69) is 83.1 Å². The van der Waals surface area contributed by atoms with Crippen molar-refractivity contribution in [2.45, 2.75) is 103 Å². The summed E-state index contributed by atoms with van der Waals surface area (Å²) in [6, 6.07) is 0. The highest BCUT2D eigenvalue weighted by molar-refractivity contribution is 7.23. The topological polar surface area (TPSA) is 12.4 Å². The van der Waals surface area contributed by atoms with Crippen molar-refractivity contribution in [2.75, 3.05) is 0 Å². The Balaban J connectivity index is 6.31. The zero-order chi connectivity index (χ0) is 16.8. The van der Waals surface area contributed by atoms with E-state index in [4.69, 9.17) is 15.4 Å². The molecule has 0 aliphatic rings. The van der Waals surface area contributed by atoms with Crippen molar-refractivity contribution in [2.24, 2.45) is 4.30 Å². The number of hydrogen-bond acceptors (Lipinski definition) is 1. The van der Waals surface area contributed by atoms with Crippen LogP contribution in [0.1, 0.15) is 83.1 Å². The molecule has 0 aliphatic heterocycles. The summed E-state index contributed by atoms with van der Waals surface area (Å²) in [4.78, 5) is 0. The molecule has 0 aromatic carbocycles. The van der Waals surface area contributed by atoms with Crippen LogP contribution >= 0.6 is 11.1 Å². The molecule has 0 radical (unpaired) electrons. The van der Waals surface area contributed by atoms with Crippen molar-refractivity contribution in [1.82, 2.24) is 0 Å². The van der Waals surface area contributed by atoms with Gasteiger partial charge in [0.15, 0.2) is 0 Å². The molecule has 0 aromatic rings. The molecule has 20 heavy (non-hydrogen) atoms. The van der Waals surface area contributed by atoms with Crippen LogP contribution in [0.4, 0.5) is 0 Å². The minimum Gasteiger partial charge on any atom is -0.350 e. The zero-order valence-corrected chi connectivity index (χ0v) is 18.6. The molecule has 0 spiro atoms. The summed E-state index contributed by atoms with van der Waals surface area (Å²) in [5.41, 5.74) is 0. The van der Waals surface area contributed by atoms with Gasteiger partial charge < -0.3 is 4.30 Å². The third-order valence-electron chi connectivity index (χ3n) is 3.67. The lowest BCUT2D eigenvalue weighted by Crippen LogP contribution is -2.48. The van der Waals surface area contributed by atoms with E-state index >= 15 is 0 Å². The summed E-state index contributed by atoms with van der Waals surface area (Å²) in [6.45, 7) is 27.6. The van der Waals surface area contributed by atoms with Gasteiger partial charge in [0.25, 0.3) is 7.55 Å². The lowest BCUT2D eigenvalue weighted by molar-refractivity contribution is 0.622. The predicted octanol–water partition coefficient (Wildman–Crippen LogP) is 7.13. The van der Waals surface area contributed by atoms with Crippen molar-refractivity contribution in [3.63, 3.8) is 0 Å². The zero-order valence-electron chi connectivity index (χ0n) is 15.8. The Morgan fingerprint density at radius 1 is 0.650 bits per heavy atom. The Bertz CT molecular complexity index is 343. The second-order valence-electron chi connectivity index (χ2n) is 10.1. The monoisotopic (exact) mass is 333 g/mol. The summed E-state index contributed by atoms with van der Waals surface area (Å²) >= 11 is 7.30. The molecule has 0 saturated carbocycles. The van der Waals surface area contributed by atoms with Crippen LogP contribution in [0.15, 0.2) is 4.30 Å². The van der Waals surface area contributed by atoms with E-state index in [0.717, 1.165) is 0 Å². The molecule has 0 saturated heterocycles. The largest absolute Gasteiger partial charge is 0.350 e. The minimum absolute atomic E-state index is 0.0687. The number of hydrogen-bond donors (Lipinski definition) is 0. The summed E-state index contributed by atoms with van der Waals surface area (Å²) in [7, 11) is -3.24. The lowest BCUT2D eigenvalue weighted by Gasteiger charge is -2.46. The quantitative estimate of drug-likeness (QED) is 0.357. The average molecular weight is 334 g/mol. The van der Waals surface area contributed by atoms with Crippen LogP contribution < -0.4 is 0 Å². The van der Waals surface area contributed by atoms with Gasteiger partial charge in [0.2, 0.25) is 0 Å². The molecule has 0 aliphatic carbocycles. The number of halogens is 1. The maximum atomic E-state index is 7.30. The Labute approximate surface area is 135 Å². The highest BCUT2D eigenvalue weighted by Gasteiger charge is 2.54. The van der Waals surface area contributed by atoms with Crippen LogP contribution in [0.2, 0.25) is 20.2 Å². The van der Waals surface area contributed by atoms with Crippen LogP contribution in [0.5, 0.6) is 0 Å². The molecule has 0 unspecified atom stereocenters. The molecule has 0 N–H and O–H groups in total. The van der Waals surface area contributed by atoms with Gasteiger partial charge >= 0.3 is 0 Å². The van der Waals surface area contributed by atoms with Crippen molar-refractivity contribution < 1.29 is 0 Å². The van der Waals surface area contributed by atoms with Crippen molar-refractivity contribution >= 4 is 27.2 Å². The van der Waals surface area contributed by atoms with Crippen LogP contribution in [0.25, 0.3) is 0 Å². The van der Waals surface area contributed by atoms with Crippen LogP contribution in [-0.2, 0) is 0 Å². The number of rotatable bonds is 1. The third kappa shape index (κ3) is 4.51. The fraction of sp³-hybridized carbons (Fsp3) is 1.00. The van der Waals surface area contributed by atoms with E-state index < -0.39 is 16.1 Å². The summed E-state index contributed by atoms with van der Waals surface area (Å²) in [5, 5.41) is 0.595. The van der Waals surface area contributed by atoms with Crippen LogP contribution in [-0.4, -0.2) is 16.1 Å². The molecule has 1 nitrogen and oxygen atoms in total. The second-order valence-corrected chi connectivity index (χ2v) is 20.6. The SMILES string of the molecule is CC(C)(C)[Si](=N[Si](Cl)(C(C)(C)C)C(C)(C)C)C(C)(C)C. The normalized spacial score (nSPS) is 15.2. The minimum atomic E-state index is -2.29. The van der Waals surface area contributed by atoms with Crippen LogP contribution in [0, 0.1) is 0 Å². The maximum Gasteiger partial charge on any atom is 0.274 e. The molecule has 0 fully saturated rings. The van der Waals surface area contributed by atoms with Gasteiger partial charge in [-0.25, -0.2) is 0 Å². The third-order valence-corrected chi connectivity index (χ3v) is 16.8. The Morgan fingerprint density at radius 3 is 1.05 bits per heavy atom. The molecule has 0 rings (SSSR count). The van der Waals surface area contributed by atoms with Crippen molar-refractivity contribution in [3.05, 3.63) is 0 Å². The van der Waals surface area contributed by atoms with Crippen LogP contribution in [0.3, 0.4) is 0 Å². The summed E-state index contributed by atoms with van der Waals surface area (Å²) in [5.74, 6) is 0. The average Bonchev–Trinajstić information content (AvgIpc) is 2.05. The van der Waals surface area contributed by atoms with Gasteiger partial charge in [-0.15, -0.1) is 11.1 Å². The van der Waals surface area contributed by atoms with Gasteiger partial charge in [0.05, 0.1) is 0 Å². The molecular weight excluding hydrogens is 298 g/mol. The highest BCUT2D eigenvalue weighted by atomic mass is 35.6. The Kier molecular flexibility index (Phi) is 5.77. The molecule has 120 valence electrons. The standard InChI is InChI=1S/C16H36ClNSi2/c1-13(2,3)19(14(4,5)6)18-20(17,15(7,8)9)16(10,11)12/h1-12H3. The van der Waals surface area contributed by atoms with E-state index in [1.54, 1.807) is 0 Å². The molecule has 0 aromatic heterocycles. The first-order valence-electron chi connectivity index (χ1n) is 7.64. The predicted molar refractivity (Wildman–Crippen MR) is 98.6 cm³/mol. The van der Waals surface area contributed by atoms with E-state index in [-0.39, 0.29) is 20.2 Å². The lowest BCUT2D eigenvalue weighted by atomic mass is 10.2. The first kappa shape index (κ1) is 20.5. The summed E-state index contributed by atoms with van der Waals surface area (Å²) in [6.07, 6.45) is 0. The van der Waals surface area contributed by atoms with Crippen molar-refractivity contribution in [1.29, 1.82) is 0 Å². The molecule has 4 heteroatoms. The fourth-order valence-electron chi connectivity index (χ4n) is 3.07. The smallest absolute Gasteiger partial charge is 0.274 e. The van der Waals surface area contributed by atoms with E-state index in [9.17, 15) is 0 Å². The Morgan fingerprint density at radius 2 is 0.900 bits per heavy atom. The molecule has 0 atom stereocenters. The first-order valence-corrected chi connectivity index (χ1v) is 12.0. The van der Waals surface area contributed by atoms with Gasteiger partial charge in [-0.3, -0.25) is 0 Å². The fourth-order valence-corrected chi connectivity index (χ4v) is 14.9. The van der Waals surface area contributed by atoms with Gasteiger partial charge in [0, 0.05) is 0 Å². The van der Waals surface area contributed by atoms with Crippen molar-refractivity contribution in [3.8, 4) is 0 Å². The summed E-state index contributed by atoms with van der Waals surface area (Å²) < 4.78 is 5.50. The molecule has 0 heterocycles. The van der Waals surface area contributed by atoms with E-state index in [0.29, 0.717) is 0 Å². The number of nitrogens with zero attached hydrogens (tertiary/aromatic N) is 1. The van der Waals surface area contributed by atoms with Gasteiger partial charge in [0.1, 0.15) is 8.59 Å². The molecular formula is C16H36ClNSi2. The Hall–Kier alpha value is 0.524. The maximum absolute atomic E-state index is 7.30. The van der Waals surface area contributed by atoms with Gasteiger partial charge in [-0.2, -0.15) is 0 Å². The first-order chi connectivity index (χ1) is 8.34. The van der Waals surface area contributed by atoms with Gasteiger partial charge in [-0.05, 0) is 20.2 Å². The highest BCUT2D eigenvalue weighted by Crippen LogP contribution is 2.55. The second kappa shape index (κ2) is 5.62. The van der Waals surface area contributed by atoms with E-state index in [1.165, 1.54) is 0 Å². The van der Waals surface area contributed by atoms with E-state index in [1.807, 2.05) is 0 Å². The molecule has 0 bridgehead atoms.